The molecule has 3 aromatic rings. The second-order valence-electron chi connectivity index (χ2n) is 4.48. The van der Waals surface area contributed by atoms with Gasteiger partial charge in [0.25, 0.3) is 5.91 Å². The zero-order valence-electron chi connectivity index (χ0n) is 11.0. The minimum Gasteiger partial charge on any atom is -0.467 e. The largest absolute Gasteiger partial charge is 0.467 e. The quantitative estimate of drug-likeness (QED) is 0.666. The van der Waals surface area contributed by atoms with Crippen LogP contribution < -0.4 is 0 Å². The lowest BCUT2D eigenvalue weighted by Gasteiger charge is -2.20. The predicted molar refractivity (Wildman–Crippen MR) is 83.0 cm³/mol. The number of nitrogens with zero attached hydrogens (tertiary/aromatic N) is 1. The summed E-state index contributed by atoms with van der Waals surface area (Å²) < 4.78 is 11.2. The predicted octanol–water partition coefficient (Wildman–Crippen LogP) is 4.54. The van der Waals surface area contributed by atoms with Gasteiger partial charge in [-0.3, -0.25) is 4.79 Å². The van der Waals surface area contributed by atoms with Crippen LogP contribution in [0, 0.1) is 0 Å². The molecule has 0 saturated carbocycles. The van der Waals surface area contributed by atoms with Gasteiger partial charge in [-0.1, -0.05) is 0 Å². The lowest BCUT2D eigenvalue weighted by Crippen LogP contribution is -2.29. The van der Waals surface area contributed by atoms with Crippen LogP contribution in [0.5, 0.6) is 0 Å². The van der Waals surface area contributed by atoms with Crippen LogP contribution in [0.3, 0.4) is 0 Å². The Balaban J connectivity index is 1.82. The number of carbonyl (C=O) groups excluding carboxylic acids is 1. The molecule has 108 valence electrons. The monoisotopic (exact) mass is 365 g/mol. The van der Waals surface area contributed by atoms with Gasteiger partial charge in [-0.2, -0.15) is 11.3 Å². The maximum atomic E-state index is 12.6. The minimum atomic E-state index is -0.164. The molecule has 0 aliphatic heterocycles. The molecule has 4 nitrogen and oxygen atoms in total. The second kappa shape index (κ2) is 6.32. The van der Waals surface area contributed by atoms with Crippen molar-refractivity contribution in [1.29, 1.82) is 0 Å². The summed E-state index contributed by atoms with van der Waals surface area (Å²) >= 11 is 4.83. The van der Waals surface area contributed by atoms with E-state index in [2.05, 4.69) is 15.9 Å². The Hall–Kier alpha value is -1.79. The molecular weight excluding hydrogens is 354 g/mol. The number of carbonyl (C=O) groups is 1. The maximum Gasteiger partial charge on any atom is 0.290 e. The molecule has 0 aliphatic carbocycles. The van der Waals surface area contributed by atoms with Gasteiger partial charge in [-0.15, -0.1) is 0 Å². The van der Waals surface area contributed by atoms with Crippen LogP contribution in [0.25, 0.3) is 0 Å². The molecule has 0 N–H and O–H groups in total. The van der Waals surface area contributed by atoms with E-state index in [1.54, 1.807) is 34.6 Å². The Morgan fingerprint density at radius 1 is 1.24 bits per heavy atom. The molecule has 3 aromatic heterocycles. The van der Waals surface area contributed by atoms with Gasteiger partial charge in [-0.05, 0) is 62.6 Å². The van der Waals surface area contributed by atoms with Gasteiger partial charge in [0, 0.05) is 6.54 Å². The van der Waals surface area contributed by atoms with E-state index in [4.69, 9.17) is 8.83 Å². The highest BCUT2D eigenvalue weighted by molar-refractivity contribution is 9.10. The minimum absolute atomic E-state index is 0.164. The molecule has 0 fully saturated rings. The van der Waals surface area contributed by atoms with E-state index in [9.17, 15) is 4.79 Å². The van der Waals surface area contributed by atoms with Crippen molar-refractivity contribution in [2.75, 3.05) is 0 Å². The van der Waals surface area contributed by atoms with Gasteiger partial charge in [-0.25, -0.2) is 0 Å². The lowest BCUT2D eigenvalue weighted by molar-refractivity contribution is 0.0684. The topological polar surface area (TPSA) is 46.6 Å². The highest BCUT2D eigenvalue weighted by atomic mass is 79.9. The molecule has 0 saturated heterocycles. The molecule has 3 rings (SSSR count). The van der Waals surface area contributed by atoms with Crippen LogP contribution in [0.1, 0.15) is 21.9 Å². The molecular formula is C15H12BrNO3S. The van der Waals surface area contributed by atoms with Crippen molar-refractivity contribution < 1.29 is 13.6 Å². The van der Waals surface area contributed by atoms with Gasteiger partial charge in [0.05, 0.1) is 12.8 Å². The summed E-state index contributed by atoms with van der Waals surface area (Å²) in [5.41, 5.74) is 1.09. The number of amides is 1. The molecule has 0 aromatic carbocycles. The molecule has 0 atom stereocenters. The number of furan rings is 2. The van der Waals surface area contributed by atoms with Gasteiger partial charge < -0.3 is 13.7 Å². The van der Waals surface area contributed by atoms with E-state index in [1.165, 1.54) is 0 Å². The molecule has 0 aliphatic rings. The van der Waals surface area contributed by atoms with Crippen LogP contribution in [-0.2, 0) is 13.1 Å². The standard InChI is InChI=1S/C15H12BrNO3S/c16-14-4-3-13(20-14)15(18)17(8-11-5-7-21-10-11)9-12-2-1-6-19-12/h1-7,10H,8-9H2. The summed E-state index contributed by atoms with van der Waals surface area (Å²) in [5, 5.41) is 4.02. The van der Waals surface area contributed by atoms with Crippen molar-refractivity contribution in [3.63, 3.8) is 0 Å². The summed E-state index contributed by atoms with van der Waals surface area (Å²) in [7, 11) is 0. The normalized spacial score (nSPS) is 10.7. The first-order valence-corrected chi connectivity index (χ1v) is 8.04. The average Bonchev–Trinajstić information content (AvgIpc) is 3.19. The molecule has 21 heavy (non-hydrogen) atoms. The molecule has 0 radical (unpaired) electrons. The fourth-order valence-electron chi connectivity index (χ4n) is 1.98. The van der Waals surface area contributed by atoms with Crippen molar-refractivity contribution in [2.45, 2.75) is 13.1 Å². The van der Waals surface area contributed by atoms with E-state index in [0.29, 0.717) is 23.5 Å². The van der Waals surface area contributed by atoms with Crippen LogP contribution in [-0.4, -0.2) is 10.8 Å². The number of rotatable bonds is 5. The maximum absolute atomic E-state index is 12.6. The van der Waals surface area contributed by atoms with Crippen molar-refractivity contribution in [3.8, 4) is 0 Å². The lowest BCUT2D eigenvalue weighted by atomic mass is 10.2. The Kier molecular flexibility index (Phi) is 4.26. The number of halogens is 1. The summed E-state index contributed by atoms with van der Waals surface area (Å²) in [6.45, 7) is 0.918. The van der Waals surface area contributed by atoms with E-state index in [0.717, 1.165) is 11.3 Å². The summed E-state index contributed by atoms with van der Waals surface area (Å²) in [6, 6.07) is 9.04. The number of thiophene rings is 1. The van der Waals surface area contributed by atoms with Crippen molar-refractivity contribution >= 4 is 33.2 Å². The van der Waals surface area contributed by atoms with E-state index in [-0.39, 0.29) is 5.91 Å². The van der Waals surface area contributed by atoms with Gasteiger partial charge in [0.2, 0.25) is 0 Å². The summed E-state index contributed by atoms with van der Waals surface area (Å²) in [6.07, 6.45) is 1.60. The van der Waals surface area contributed by atoms with Crippen molar-refractivity contribution in [1.82, 2.24) is 4.90 Å². The Morgan fingerprint density at radius 2 is 2.14 bits per heavy atom. The molecule has 3 heterocycles. The first-order valence-electron chi connectivity index (χ1n) is 6.30. The molecule has 0 unspecified atom stereocenters. The SMILES string of the molecule is O=C(c1ccc(Br)o1)N(Cc1ccsc1)Cc1ccco1. The molecule has 1 amide bonds. The summed E-state index contributed by atoms with van der Waals surface area (Å²) in [5.74, 6) is 0.885. The summed E-state index contributed by atoms with van der Waals surface area (Å²) in [4.78, 5) is 14.3. The van der Waals surface area contributed by atoms with Crippen LogP contribution in [0.15, 0.2) is 60.9 Å². The fourth-order valence-corrected chi connectivity index (χ4v) is 2.94. The average molecular weight is 366 g/mol. The van der Waals surface area contributed by atoms with Crippen LogP contribution in [0.4, 0.5) is 0 Å². The fraction of sp³-hybridized carbons (Fsp3) is 0.133. The Bertz CT molecular complexity index is 667. The zero-order valence-corrected chi connectivity index (χ0v) is 13.4. The highest BCUT2D eigenvalue weighted by Crippen LogP contribution is 2.19. The third-order valence-electron chi connectivity index (χ3n) is 2.95. The van der Waals surface area contributed by atoms with Gasteiger partial charge in [0.1, 0.15) is 5.76 Å². The van der Waals surface area contributed by atoms with E-state index >= 15 is 0 Å². The van der Waals surface area contributed by atoms with Crippen molar-refractivity contribution in [2.24, 2.45) is 0 Å². The Morgan fingerprint density at radius 3 is 2.76 bits per heavy atom. The van der Waals surface area contributed by atoms with Crippen LogP contribution in [0.2, 0.25) is 0 Å². The first-order chi connectivity index (χ1) is 10.2. The van der Waals surface area contributed by atoms with Gasteiger partial charge in [0.15, 0.2) is 10.4 Å². The van der Waals surface area contributed by atoms with E-state index in [1.807, 2.05) is 29.0 Å². The van der Waals surface area contributed by atoms with E-state index < -0.39 is 0 Å². The third kappa shape index (κ3) is 3.46. The smallest absolute Gasteiger partial charge is 0.290 e. The molecule has 6 heteroatoms. The van der Waals surface area contributed by atoms with Gasteiger partial charge >= 0.3 is 0 Å². The Labute approximate surface area is 134 Å². The zero-order chi connectivity index (χ0) is 14.7. The second-order valence-corrected chi connectivity index (χ2v) is 6.04. The number of hydrogen-bond acceptors (Lipinski definition) is 4. The van der Waals surface area contributed by atoms with Crippen molar-refractivity contribution in [3.05, 3.63) is 69.1 Å². The third-order valence-corrected chi connectivity index (χ3v) is 4.11. The van der Waals surface area contributed by atoms with Crippen LogP contribution >= 0.6 is 27.3 Å². The highest BCUT2D eigenvalue weighted by Gasteiger charge is 2.20. The molecule has 0 spiro atoms. The first kappa shape index (κ1) is 14.2. The molecule has 0 bridgehead atoms. The number of hydrogen-bond donors (Lipinski definition) is 0.